The predicted molar refractivity (Wildman–Crippen MR) is 113 cm³/mol. The first-order valence-corrected chi connectivity index (χ1v) is 11.0. The fraction of sp³-hybridized carbons (Fsp3) is 0.360. The third-order valence-electron chi connectivity index (χ3n) is 7.47. The average molecular weight is 457 g/mol. The smallest absolute Gasteiger partial charge is 0.416 e. The lowest BCUT2D eigenvalue weighted by Gasteiger charge is -2.35. The Kier molecular flexibility index (Phi) is 4.22. The quantitative estimate of drug-likeness (QED) is 0.481. The summed E-state index contributed by atoms with van der Waals surface area (Å²) in [7, 11) is 1.47. The summed E-state index contributed by atoms with van der Waals surface area (Å²) in [5.74, 6) is 1.60. The van der Waals surface area contributed by atoms with E-state index in [0.29, 0.717) is 34.5 Å². The second-order valence-electron chi connectivity index (χ2n) is 9.10. The van der Waals surface area contributed by atoms with Crippen LogP contribution in [-0.2, 0) is 6.18 Å². The number of para-hydroxylation sites is 2. The van der Waals surface area contributed by atoms with E-state index in [1.807, 2.05) is 0 Å². The number of benzene rings is 2. The molecule has 2 bridgehead atoms. The van der Waals surface area contributed by atoms with Crippen molar-refractivity contribution in [2.24, 2.45) is 11.8 Å². The normalized spacial score (nSPS) is 24.8. The lowest BCUT2D eigenvalue weighted by atomic mass is 9.68. The second-order valence-corrected chi connectivity index (χ2v) is 9.10. The summed E-state index contributed by atoms with van der Waals surface area (Å²) < 4.78 is 53.1. The molecular formula is C25H22F3NO4. The number of ether oxygens (including phenoxy) is 2. The van der Waals surface area contributed by atoms with Crippen LogP contribution in [0.5, 0.6) is 29.0 Å². The van der Waals surface area contributed by atoms with Crippen LogP contribution in [0.25, 0.3) is 5.69 Å². The zero-order chi connectivity index (χ0) is 23.1. The molecule has 0 amide bonds. The van der Waals surface area contributed by atoms with Crippen LogP contribution in [0.3, 0.4) is 0 Å². The molecule has 0 spiro atoms. The van der Waals surface area contributed by atoms with Crippen molar-refractivity contribution in [2.45, 2.75) is 37.3 Å². The van der Waals surface area contributed by atoms with Crippen molar-refractivity contribution < 1.29 is 32.9 Å². The highest BCUT2D eigenvalue weighted by molar-refractivity contribution is 5.63. The number of rotatable bonds is 4. The fourth-order valence-corrected chi connectivity index (χ4v) is 5.98. The maximum Gasteiger partial charge on any atom is 0.416 e. The van der Waals surface area contributed by atoms with Gasteiger partial charge in [0.2, 0.25) is 11.8 Å². The Balaban J connectivity index is 1.54. The van der Waals surface area contributed by atoms with Gasteiger partial charge >= 0.3 is 6.18 Å². The molecule has 0 aliphatic heterocycles. The highest BCUT2D eigenvalue weighted by Crippen LogP contribution is 2.70. The summed E-state index contributed by atoms with van der Waals surface area (Å²) in [6.07, 6.45) is -1.68. The van der Waals surface area contributed by atoms with Crippen LogP contribution in [0.15, 0.2) is 42.5 Å². The summed E-state index contributed by atoms with van der Waals surface area (Å²) in [6, 6.07) is 9.80. The van der Waals surface area contributed by atoms with E-state index in [2.05, 4.69) is 0 Å². The Morgan fingerprint density at radius 2 is 1.48 bits per heavy atom. The van der Waals surface area contributed by atoms with Crippen molar-refractivity contribution in [3.63, 3.8) is 0 Å². The Hall–Kier alpha value is -3.29. The number of nitrogens with zero attached hydrogens (tertiary/aromatic N) is 1. The molecule has 0 saturated heterocycles. The van der Waals surface area contributed by atoms with Crippen LogP contribution in [0, 0.1) is 11.8 Å². The van der Waals surface area contributed by atoms with Crippen molar-refractivity contribution >= 4 is 0 Å². The van der Waals surface area contributed by atoms with Gasteiger partial charge < -0.3 is 19.7 Å². The Bertz CT molecular complexity index is 1230. The number of aromatic hydroxyl groups is 2. The molecule has 0 unspecified atom stereocenters. The van der Waals surface area contributed by atoms with Crippen LogP contribution in [0.4, 0.5) is 13.2 Å². The van der Waals surface area contributed by atoms with Crippen molar-refractivity contribution in [1.29, 1.82) is 0 Å². The van der Waals surface area contributed by atoms with Gasteiger partial charge in [0.05, 0.1) is 18.4 Å². The topological polar surface area (TPSA) is 63.9 Å². The van der Waals surface area contributed by atoms with Crippen LogP contribution >= 0.6 is 0 Å². The molecule has 5 nitrogen and oxygen atoms in total. The Labute approximate surface area is 188 Å². The number of fused-ring (bicyclic) bond motifs is 1. The van der Waals surface area contributed by atoms with Crippen molar-refractivity contribution in [2.75, 3.05) is 7.11 Å². The van der Waals surface area contributed by atoms with Crippen LogP contribution in [0.1, 0.15) is 47.8 Å². The monoisotopic (exact) mass is 457 g/mol. The lowest BCUT2D eigenvalue weighted by Crippen LogP contribution is -2.22. The highest BCUT2D eigenvalue weighted by Gasteiger charge is 2.59. The van der Waals surface area contributed by atoms with Gasteiger partial charge in [-0.1, -0.05) is 12.1 Å². The van der Waals surface area contributed by atoms with Crippen LogP contribution in [-0.4, -0.2) is 21.9 Å². The molecule has 4 aliphatic rings. The number of alkyl halides is 3. The zero-order valence-corrected chi connectivity index (χ0v) is 17.8. The third kappa shape index (κ3) is 2.92. The van der Waals surface area contributed by atoms with Gasteiger partial charge in [0, 0.05) is 11.1 Å². The molecule has 33 heavy (non-hydrogen) atoms. The van der Waals surface area contributed by atoms with Crippen molar-refractivity contribution in [3.05, 3.63) is 59.2 Å². The lowest BCUT2D eigenvalue weighted by molar-refractivity contribution is -0.137. The summed E-state index contributed by atoms with van der Waals surface area (Å²) in [4.78, 5) is 0. The number of hydrogen-bond donors (Lipinski definition) is 2. The first-order valence-electron chi connectivity index (χ1n) is 11.0. The number of methoxy groups -OCH3 is 1. The minimum atomic E-state index is -4.60. The SMILES string of the molecule is COc1ccccc1Oc1ccc(C(F)(F)F)cc1-n1c(O)c2c(c1O)[C@@H]1CC[C@H]2[C@H]2C[C@H]21. The number of halogens is 3. The van der Waals surface area contributed by atoms with E-state index < -0.39 is 11.7 Å². The van der Waals surface area contributed by atoms with Gasteiger partial charge in [-0.2, -0.15) is 13.2 Å². The number of hydrogen-bond acceptors (Lipinski definition) is 4. The summed E-state index contributed by atoms with van der Waals surface area (Å²) >= 11 is 0. The summed E-state index contributed by atoms with van der Waals surface area (Å²) in [6.45, 7) is 0. The van der Waals surface area contributed by atoms with E-state index in [1.54, 1.807) is 24.3 Å². The van der Waals surface area contributed by atoms with Crippen LogP contribution < -0.4 is 9.47 Å². The van der Waals surface area contributed by atoms with E-state index in [4.69, 9.17) is 9.47 Å². The van der Waals surface area contributed by atoms with E-state index in [1.165, 1.54) is 13.2 Å². The molecule has 2 aromatic carbocycles. The molecule has 2 fully saturated rings. The van der Waals surface area contributed by atoms with Gasteiger partial charge in [0.15, 0.2) is 17.2 Å². The molecule has 1 heterocycles. The Morgan fingerprint density at radius 1 is 0.879 bits per heavy atom. The predicted octanol–water partition coefficient (Wildman–Crippen LogP) is 6.32. The first kappa shape index (κ1) is 20.3. The van der Waals surface area contributed by atoms with Gasteiger partial charge in [-0.3, -0.25) is 0 Å². The second kappa shape index (κ2) is 6.85. The highest BCUT2D eigenvalue weighted by atomic mass is 19.4. The average Bonchev–Trinajstić information content (AvgIpc) is 3.57. The zero-order valence-electron chi connectivity index (χ0n) is 17.8. The minimum Gasteiger partial charge on any atom is -0.494 e. The molecule has 2 N–H and O–H groups in total. The van der Waals surface area contributed by atoms with Gasteiger partial charge in [-0.05, 0) is 73.3 Å². The molecule has 7 rings (SSSR count). The molecule has 8 heteroatoms. The standard InChI is InChI=1S/C25H22F3NO4/c1-32-19-4-2-3-5-20(19)33-18-9-6-12(25(26,27)28)10-17(18)29-23(30)21-13-7-8-14(16-11-15(13)16)22(21)24(29)31/h2-6,9-10,13-16,30-31H,7-8,11H2,1H3/t13-,14+,15+,16-. The van der Waals surface area contributed by atoms with Gasteiger partial charge in [0.25, 0.3) is 0 Å². The third-order valence-corrected chi connectivity index (χ3v) is 7.47. The van der Waals surface area contributed by atoms with E-state index in [9.17, 15) is 23.4 Å². The largest absolute Gasteiger partial charge is 0.494 e. The summed E-state index contributed by atoms with van der Waals surface area (Å²) in [5.41, 5.74) is 0.390. The maximum atomic E-state index is 13.6. The van der Waals surface area contributed by atoms with E-state index in [-0.39, 0.29) is 35.0 Å². The van der Waals surface area contributed by atoms with Crippen molar-refractivity contribution in [3.8, 4) is 34.7 Å². The summed E-state index contributed by atoms with van der Waals surface area (Å²) in [5, 5.41) is 22.4. The minimum absolute atomic E-state index is 0.0583. The van der Waals surface area contributed by atoms with Crippen LogP contribution in [0.2, 0.25) is 0 Å². The molecule has 4 atom stereocenters. The van der Waals surface area contributed by atoms with E-state index in [0.717, 1.165) is 36.0 Å². The molecule has 172 valence electrons. The van der Waals surface area contributed by atoms with Gasteiger partial charge in [-0.25, -0.2) is 4.57 Å². The van der Waals surface area contributed by atoms with Gasteiger partial charge in [-0.15, -0.1) is 0 Å². The molecule has 3 aromatic rings. The van der Waals surface area contributed by atoms with Crippen molar-refractivity contribution in [1.82, 2.24) is 4.57 Å². The maximum absolute atomic E-state index is 13.6. The Morgan fingerprint density at radius 3 is 2.06 bits per heavy atom. The molecule has 4 aliphatic carbocycles. The van der Waals surface area contributed by atoms with Gasteiger partial charge in [0.1, 0.15) is 0 Å². The number of aromatic nitrogens is 1. The first-order chi connectivity index (χ1) is 15.8. The van der Waals surface area contributed by atoms with E-state index >= 15 is 0 Å². The molecule has 1 aromatic heterocycles. The fourth-order valence-electron chi connectivity index (χ4n) is 5.98. The molecular weight excluding hydrogens is 435 g/mol. The molecule has 0 radical (unpaired) electrons. The molecule has 2 saturated carbocycles.